The molecule has 0 amide bonds. The molecule has 0 fully saturated rings. The number of nitrogens with one attached hydrogen (secondary N) is 1. The minimum Gasteiger partial charge on any atom is -0.495 e. The van der Waals surface area contributed by atoms with Gasteiger partial charge in [-0.3, -0.25) is 10.1 Å². The molecule has 0 bridgehead atoms. The fourth-order valence-electron chi connectivity index (χ4n) is 1.24. The largest absolute Gasteiger partial charge is 0.495 e. The molecule has 1 atom stereocenters. The van der Waals surface area contributed by atoms with E-state index in [4.69, 9.17) is 10.5 Å². The Morgan fingerprint density at radius 3 is 3.00 bits per heavy atom. The summed E-state index contributed by atoms with van der Waals surface area (Å²) >= 11 is 0. The molecule has 15 heavy (non-hydrogen) atoms. The van der Waals surface area contributed by atoms with Crippen molar-refractivity contribution in [3.05, 3.63) is 36.2 Å². The number of hydrogen-bond acceptors (Lipinski definition) is 5. The normalized spacial score (nSPS) is 12.4. The number of rotatable bonds is 3. The van der Waals surface area contributed by atoms with Crippen molar-refractivity contribution < 1.29 is 4.74 Å². The quantitative estimate of drug-likeness (QED) is 0.750. The highest BCUT2D eigenvalue weighted by atomic mass is 16.5. The van der Waals surface area contributed by atoms with Gasteiger partial charge in [-0.05, 0) is 11.6 Å². The third-order valence-electron chi connectivity index (χ3n) is 2.06. The number of aromatic amines is 1. The smallest absolute Gasteiger partial charge is 0.145 e. The first-order valence-electron chi connectivity index (χ1n) is 4.41. The van der Waals surface area contributed by atoms with Gasteiger partial charge < -0.3 is 10.5 Å². The van der Waals surface area contributed by atoms with Crippen LogP contribution in [0, 0.1) is 0 Å². The summed E-state index contributed by atoms with van der Waals surface area (Å²) in [6.07, 6.45) is 4.72. The zero-order valence-electron chi connectivity index (χ0n) is 8.21. The van der Waals surface area contributed by atoms with Crippen molar-refractivity contribution in [2.75, 3.05) is 7.11 Å². The van der Waals surface area contributed by atoms with Crippen molar-refractivity contribution in [1.29, 1.82) is 0 Å². The van der Waals surface area contributed by atoms with Crippen LogP contribution in [0.4, 0.5) is 0 Å². The first-order valence-corrected chi connectivity index (χ1v) is 4.41. The number of nitrogens with two attached hydrogens (primary N) is 1. The zero-order chi connectivity index (χ0) is 10.7. The van der Waals surface area contributed by atoms with Crippen molar-refractivity contribution in [2.24, 2.45) is 5.73 Å². The Morgan fingerprint density at radius 2 is 2.33 bits per heavy atom. The van der Waals surface area contributed by atoms with Gasteiger partial charge in [-0.15, -0.1) is 0 Å². The van der Waals surface area contributed by atoms with Crippen molar-refractivity contribution in [1.82, 2.24) is 20.2 Å². The highest BCUT2D eigenvalue weighted by Gasteiger charge is 2.12. The van der Waals surface area contributed by atoms with E-state index < -0.39 is 0 Å². The monoisotopic (exact) mass is 205 g/mol. The minimum atomic E-state index is -0.366. The summed E-state index contributed by atoms with van der Waals surface area (Å²) in [5, 5.41) is 6.46. The number of methoxy groups -OCH3 is 1. The topological polar surface area (TPSA) is 89.7 Å². The van der Waals surface area contributed by atoms with Crippen LogP contribution in [0.3, 0.4) is 0 Å². The van der Waals surface area contributed by atoms with Crippen LogP contribution in [0.15, 0.2) is 24.8 Å². The van der Waals surface area contributed by atoms with Crippen LogP contribution >= 0.6 is 0 Å². The second kappa shape index (κ2) is 4.05. The van der Waals surface area contributed by atoms with Crippen molar-refractivity contribution >= 4 is 0 Å². The molecule has 2 heterocycles. The first kappa shape index (κ1) is 9.60. The van der Waals surface area contributed by atoms with Crippen LogP contribution in [0.1, 0.15) is 17.4 Å². The van der Waals surface area contributed by atoms with E-state index in [2.05, 4.69) is 20.2 Å². The van der Waals surface area contributed by atoms with Gasteiger partial charge in [0.1, 0.15) is 17.9 Å². The lowest BCUT2D eigenvalue weighted by molar-refractivity contribution is 0.412. The van der Waals surface area contributed by atoms with E-state index in [1.165, 1.54) is 6.33 Å². The molecular weight excluding hydrogens is 194 g/mol. The Kier molecular flexibility index (Phi) is 2.59. The molecule has 0 saturated carbocycles. The maximum atomic E-state index is 5.96. The molecule has 6 nitrogen and oxygen atoms in total. The van der Waals surface area contributed by atoms with E-state index in [1.807, 2.05) is 6.07 Å². The molecule has 0 aliphatic rings. The predicted octanol–water partition coefficient (Wildman–Crippen LogP) is 0.256. The Hall–Kier alpha value is -1.95. The number of H-pyrrole nitrogens is 1. The predicted molar refractivity (Wildman–Crippen MR) is 53.2 cm³/mol. The zero-order valence-corrected chi connectivity index (χ0v) is 8.21. The molecule has 2 aromatic rings. The molecule has 2 aromatic heterocycles. The maximum Gasteiger partial charge on any atom is 0.145 e. The van der Waals surface area contributed by atoms with Crippen LogP contribution in [-0.2, 0) is 0 Å². The molecule has 0 aromatic carbocycles. The molecule has 0 aliphatic carbocycles. The summed E-state index contributed by atoms with van der Waals surface area (Å²) in [5.74, 6) is 1.27. The van der Waals surface area contributed by atoms with Crippen LogP contribution in [0.5, 0.6) is 5.75 Å². The highest BCUT2D eigenvalue weighted by Crippen LogP contribution is 2.18. The second-order valence-electron chi connectivity index (χ2n) is 3.01. The van der Waals surface area contributed by atoms with Gasteiger partial charge in [-0.25, -0.2) is 4.98 Å². The Bertz CT molecular complexity index is 428. The number of pyridine rings is 1. The molecule has 0 aliphatic heterocycles. The van der Waals surface area contributed by atoms with Crippen LogP contribution in [0.25, 0.3) is 0 Å². The first-order chi connectivity index (χ1) is 7.31. The second-order valence-corrected chi connectivity index (χ2v) is 3.01. The molecule has 0 saturated heterocycles. The lowest BCUT2D eigenvalue weighted by atomic mass is 10.1. The van der Waals surface area contributed by atoms with E-state index >= 15 is 0 Å². The minimum absolute atomic E-state index is 0.366. The molecule has 6 heteroatoms. The van der Waals surface area contributed by atoms with E-state index in [0.717, 1.165) is 5.56 Å². The molecule has 0 spiro atoms. The van der Waals surface area contributed by atoms with E-state index in [-0.39, 0.29) is 6.04 Å². The van der Waals surface area contributed by atoms with Gasteiger partial charge in [0.2, 0.25) is 0 Å². The fraction of sp³-hybridized carbons (Fsp3) is 0.222. The van der Waals surface area contributed by atoms with Crippen molar-refractivity contribution in [2.45, 2.75) is 6.04 Å². The fourth-order valence-corrected chi connectivity index (χ4v) is 1.24. The number of hydrogen-bond donors (Lipinski definition) is 2. The molecular formula is C9H11N5O. The summed E-state index contributed by atoms with van der Waals surface area (Å²) in [7, 11) is 1.58. The molecule has 1 unspecified atom stereocenters. The van der Waals surface area contributed by atoms with Gasteiger partial charge in [-0.2, -0.15) is 5.10 Å². The number of aromatic nitrogens is 4. The summed E-state index contributed by atoms with van der Waals surface area (Å²) in [6, 6.07) is 1.45. The van der Waals surface area contributed by atoms with Crippen LogP contribution in [0.2, 0.25) is 0 Å². The van der Waals surface area contributed by atoms with Gasteiger partial charge in [0.05, 0.1) is 19.3 Å². The van der Waals surface area contributed by atoms with E-state index in [9.17, 15) is 0 Å². The third-order valence-corrected chi connectivity index (χ3v) is 2.06. The van der Waals surface area contributed by atoms with Crippen molar-refractivity contribution in [3.8, 4) is 5.75 Å². The molecule has 0 radical (unpaired) electrons. The van der Waals surface area contributed by atoms with Gasteiger partial charge in [0.25, 0.3) is 0 Å². The standard InChI is InChI=1S/C9H11N5O/c1-15-7-2-6(3-11-4-7)8(10)9-12-5-13-14-9/h2-5,8H,10H2,1H3,(H,12,13,14). The number of nitrogens with zero attached hydrogens (tertiary/aromatic N) is 3. The van der Waals surface area contributed by atoms with E-state index in [0.29, 0.717) is 11.6 Å². The van der Waals surface area contributed by atoms with Crippen LogP contribution < -0.4 is 10.5 Å². The average Bonchev–Trinajstić information content (AvgIpc) is 2.81. The Morgan fingerprint density at radius 1 is 1.47 bits per heavy atom. The molecule has 3 N–H and O–H groups in total. The molecule has 78 valence electrons. The average molecular weight is 205 g/mol. The summed E-state index contributed by atoms with van der Waals surface area (Å²) in [5.41, 5.74) is 6.78. The number of ether oxygens (including phenoxy) is 1. The van der Waals surface area contributed by atoms with Gasteiger partial charge in [-0.1, -0.05) is 0 Å². The third kappa shape index (κ3) is 1.94. The summed E-state index contributed by atoms with van der Waals surface area (Å²) in [4.78, 5) is 8.01. The van der Waals surface area contributed by atoms with Crippen LogP contribution in [-0.4, -0.2) is 27.3 Å². The maximum absolute atomic E-state index is 5.96. The summed E-state index contributed by atoms with van der Waals surface area (Å²) in [6.45, 7) is 0. The SMILES string of the molecule is COc1cncc(C(N)c2ncn[nH]2)c1. The molecule has 2 rings (SSSR count). The van der Waals surface area contributed by atoms with Gasteiger partial charge >= 0.3 is 0 Å². The Balaban J connectivity index is 2.29. The van der Waals surface area contributed by atoms with Gasteiger partial charge in [0, 0.05) is 6.20 Å². The van der Waals surface area contributed by atoms with E-state index in [1.54, 1.807) is 19.5 Å². The lowest BCUT2D eigenvalue weighted by Gasteiger charge is -2.09. The van der Waals surface area contributed by atoms with Crippen molar-refractivity contribution in [3.63, 3.8) is 0 Å². The lowest BCUT2D eigenvalue weighted by Crippen LogP contribution is -2.14. The Labute approximate surface area is 86.5 Å². The van der Waals surface area contributed by atoms with Gasteiger partial charge in [0.15, 0.2) is 0 Å². The summed E-state index contributed by atoms with van der Waals surface area (Å²) < 4.78 is 5.06. The highest BCUT2D eigenvalue weighted by molar-refractivity contribution is 5.28.